The lowest BCUT2D eigenvalue weighted by atomic mass is 9.97. The van der Waals surface area contributed by atoms with Crippen molar-refractivity contribution in [2.45, 2.75) is 37.8 Å². The topological polar surface area (TPSA) is 117 Å². The summed E-state index contributed by atoms with van der Waals surface area (Å²) in [4.78, 5) is 45.5. The third-order valence-corrected chi connectivity index (χ3v) is 6.46. The number of rotatable bonds is 10. The summed E-state index contributed by atoms with van der Waals surface area (Å²) in [5, 5.41) is 5.77. The van der Waals surface area contributed by atoms with Crippen molar-refractivity contribution in [3.63, 3.8) is 0 Å². The Morgan fingerprint density at radius 2 is 1.85 bits per heavy atom. The predicted molar refractivity (Wildman–Crippen MR) is 154 cm³/mol. The number of aromatic nitrogens is 1. The van der Waals surface area contributed by atoms with E-state index in [-0.39, 0.29) is 36.2 Å². The first-order valence-corrected chi connectivity index (χ1v) is 12.9. The highest BCUT2D eigenvalue weighted by atomic mass is 35.5. The maximum atomic E-state index is 14.0. The molecule has 1 aliphatic heterocycles. The van der Waals surface area contributed by atoms with E-state index >= 15 is 0 Å². The minimum absolute atomic E-state index is 0. The van der Waals surface area contributed by atoms with E-state index in [2.05, 4.69) is 21.7 Å². The summed E-state index contributed by atoms with van der Waals surface area (Å²) < 4.78 is 0. The number of amides is 3. The third-order valence-electron chi connectivity index (χ3n) is 6.46. The van der Waals surface area contributed by atoms with E-state index in [9.17, 15) is 14.4 Å². The van der Waals surface area contributed by atoms with Gasteiger partial charge in [0, 0.05) is 43.0 Å². The SMILES string of the molecule is Cl.NCCCC(=O)Nc1cccc(C(=O)N[C@@H](Cc2ccccc2)C(=O)N2CC=CCC2c2cccnc2)c1. The van der Waals surface area contributed by atoms with Crippen LogP contribution in [-0.2, 0) is 16.0 Å². The van der Waals surface area contributed by atoms with Crippen LogP contribution in [0.25, 0.3) is 0 Å². The number of nitrogens with two attached hydrogens (primary N) is 1. The van der Waals surface area contributed by atoms with E-state index in [1.165, 1.54) is 0 Å². The number of halogens is 1. The zero-order valence-corrected chi connectivity index (χ0v) is 22.5. The van der Waals surface area contributed by atoms with Crippen molar-refractivity contribution in [1.29, 1.82) is 0 Å². The van der Waals surface area contributed by atoms with Gasteiger partial charge in [-0.1, -0.05) is 54.6 Å². The smallest absolute Gasteiger partial charge is 0.252 e. The van der Waals surface area contributed by atoms with Crippen molar-refractivity contribution in [2.75, 3.05) is 18.4 Å². The first-order valence-electron chi connectivity index (χ1n) is 12.9. The Bertz CT molecular complexity index is 1270. The number of pyridine rings is 1. The minimum atomic E-state index is -0.779. The fraction of sp³-hybridized carbons (Fsp3) is 0.267. The van der Waals surface area contributed by atoms with Crippen LogP contribution in [-0.4, -0.2) is 46.7 Å². The van der Waals surface area contributed by atoms with Gasteiger partial charge in [0.25, 0.3) is 5.91 Å². The van der Waals surface area contributed by atoms with Gasteiger partial charge >= 0.3 is 0 Å². The molecule has 2 aromatic carbocycles. The summed E-state index contributed by atoms with van der Waals surface area (Å²) in [5.74, 6) is -0.709. The molecule has 0 bridgehead atoms. The molecular formula is C30H34ClN5O3. The Morgan fingerprint density at radius 3 is 2.59 bits per heavy atom. The fourth-order valence-corrected chi connectivity index (χ4v) is 4.52. The van der Waals surface area contributed by atoms with Gasteiger partial charge in [0.15, 0.2) is 0 Å². The lowest BCUT2D eigenvalue weighted by Crippen LogP contribution is -2.51. The number of carbonyl (C=O) groups excluding carboxylic acids is 3. The Hall–Kier alpha value is -4.01. The van der Waals surface area contributed by atoms with E-state index in [4.69, 9.17) is 5.73 Å². The van der Waals surface area contributed by atoms with E-state index in [0.29, 0.717) is 50.0 Å². The van der Waals surface area contributed by atoms with Crippen molar-refractivity contribution in [3.8, 4) is 0 Å². The van der Waals surface area contributed by atoms with Gasteiger partial charge in [0.05, 0.1) is 6.04 Å². The lowest BCUT2D eigenvalue weighted by molar-refractivity contribution is -0.135. The number of benzene rings is 2. The molecule has 3 amide bonds. The highest BCUT2D eigenvalue weighted by molar-refractivity contribution is 5.99. The summed E-state index contributed by atoms with van der Waals surface area (Å²) in [6.45, 7) is 0.880. The largest absolute Gasteiger partial charge is 0.340 e. The number of nitrogens with zero attached hydrogens (tertiary/aromatic N) is 2. The van der Waals surface area contributed by atoms with Gasteiger partial charge in [0.2, 0.25) is 11.8 Å². The molecule has 9 heteroatoms. The zero-order valence-electron chi connectivity index (χ0n) is 21.7. The molecule has 0 fully saturated rings. The number of carbonyl (C=O) groups is 3. The first-order chi connectivity index (χ1) is 18.5. The quantitative estimate of drug-likeness (QED) is 0.331. The van der Waals surface area contributed by atoms with Crippen molar-refractivity contribution in [2.24, 2.45) is 5.73 Å². The lowest BCUT2D eigenvalue weighted by Gasteiger charge is -2.36. The van der Waals surface area contributed by atoms with Gasteiger partial charge in [-0.15, -0.1) is 12.4 Å². The molecule has 3 aromatic rings. The van der Waals surface area contributed by atoms with Gasteiger partial charge in [0.1, 0.15) is 6.04 Å². The standard InChI is InChI=1S/C30H33N5O3.ClH/c31-16-7-15-28(36)33-25-13-6-11-23(20-25)29(37)34-26(19-22-9-2-1-3-10-22)30(38)35-18-5-4-14-27(35)24-12-8-17-32-21-24;/h1-6,8-13,17,20-21,26-27H,7,14-16,18-19,31H2,(H,33,36)(H,34,37);1H/t26-,27?;/m0./s1. The second-order valence-corrected chi connectivity index (χ2v) is 9.24. The second-order valence-electron chi connectivity index (χ2n) is 9.24. The molecule has 1 aliphatic rings. The van der Waals surface area contributed by atoms with Gasteiger partial charge in [-0.05, 0) is 54.8 Å². The fourth-order valence-electron chi connectivity index (χ4n) is 4.52. The van der Waals surface area contributed by atoms with Crippen LogP contribution in [0.3, 0.4) is 0 Å². The molecule has 4 N–H and O–H groups in total. The van der Waals surface area contributed by atoms with Crippen LogP contribution in [0.2, 0.25) is 0 Å². The van der Waals surface area contributed by atoms with Crippen molar-refractivity contribution >= 4 is 35.8 Å². The third kappa shape index (κ3) is 8.24. The number of nitrogens with one attached hydrogen (secondary N) is 2. The molecule has 2 atom stereocenters. The second kappa shape index (κ2) is 14.8. The van der Waals surface area contributed by atoms with E-state index in [1.54, 1.807) is 41.6 Å². The Labute approximate surface area is 235 Å². The summed E-state index contributed by atoms with van der Waals surface area (Å²) >= 11 is 0. The molecule has 0 saturated carbocycles. The van der Waals surface area contributed by atoms with E-state index in [0.717, 1.165) is 11.1 Å². The average Bonchev–Trinajstić information content (AvgIpc) is 2.96. The van der Waals surface area contributed by atoms with Crippen LogP contribution in [0.5, 0.6) is 0 Å². The normalized spacial score (nSPS) is 15.1. The molecule has 2 heterocycles. The number of hydrogen-bond donors (Lipinski definition) is 3. The zero-order chi connectivity index (χ0) is 26.7. The van der Waals surface area contributed by atoms with Crippen LogP contribution in [0.15, 0.2) is 91.3 Å². The molecule has 1 aromatic heterocycles. The molecule has 0 saturated heterocycles. The van der Waals surface area contributed by atoms with Crippen molar-refractivity contribution < 1.29 is 14.4 Å². The Kier molecular flexibility index (Phi) is 11.2. The minimum Gasteiger partial charge on any atom is -0.340 e. The van der Waals surface area contributed by atoms with Crippen molar-refractivity contribution in [3.05, 3.63) is 108 Å². The van der Waals surface area contributed by atoms with Crippen molar-refractivity contribution in [1.82, 2.24) is 15.2 Å². The molecule has 1 unspecified atom stereocenters. The van der Waals surface area contributed by atoms with E-state index in [1.807, 2.05) is 48.5 Å². The maximum absolute atomic E-state index is 14.0. The molecule has 0 radical (unpaired) electrons. The molecule has 8 nitrogen and oxygen atoms in total. The van der Waals surface area contributed by atoms with Crippen LogP contribution >= 0.6 is 12.4 Å². The van der Waals surface area contributed by atoms with Crippen LogP contribution < -0.4 is 16.4 Å². The van der Waals surface area contributed by atoms with Gasteiger partial charge in [-0.3, -0.25) is 19.4 Å². The molecule has 39 heavy (non-hydrogen) atoms. The Balaban J connectivity index is 0.00000420. The van der Waals surface area contributed by atoms with Crippen LogP contribution in [0.1, 0.15) is 46.8 Å². The molecule has 204 valence electrons. The predicted octanol–water partition coefficient (Wildman–Crippen LogP) is 4.05. The van der Waals surface area contributed by atoms with Gasteiger partial charge in [-0.25, -0.2) is 0 Å². The summed E-state index contributed by atoms with van der Waals surface area (Å²) in [6.07, 6.45) is 9.45. The number of anilines is 1. The first kappa shape index (κ1) is 29.5. The van der Waals surface area contributed by atoms with Crippen LogP contribution in [0, 0.1) is 0 Å². The summed E-state index contributed by atoms with van der Waals surface area (Å²) in [7, 11) is 0. The van der Waals surface area contributed by atoms with Crippen LogP contribution in [0.4, 0.5) is 5.69 Å². The number of hydrogen-bond acceptors (Lipinski definition) is 5. The summed E-state index contributed by atoms with van der Waals surface area (Å²) in [5.41, 5.74) is 8.25. The summed E-state index contributed by atoms with van der Waals surface area (Å²) in [6, 6.07) is 19.2. The van der Waals surface area contributed by atoms with Gasteiger partial charge < -0.3 is 21.3 Å². The maximum Gasteiger partial charge on any atom is 0.252 e. The van der Waals surface area contributed by atoms with Gasteiger partial charge in [-0.2, -0.15) is 0 Å². The molecular weight excluding hydrogens is 514 g/mol. The Morgan fingerprint density at radius 1 is 1.03 bits per heavy atom. The molecule has 0 aliphatic carbocycles. The monoisotopic (exact) mass is 547 g/mol. The highest BCUT2D eigenvalue weighted by Gasteiger charge is 2.32. The highest BCUT2D eigenvalue weighted by Crippen LogP contribution is 2.28. The van der Waals surface area contributed by atoms with E-state index < -0.39 is 6.04 Å². The average molecular weight is 548 g/mol. The molecule has 0 spiro atoms. The molecule has 4 rings (SSSR count).